The van der Waals surface area contributed by atoms with Gasteiger partial charge < -0.3 is 19.5 Å². The molecule has 0 aromatic heterocycles. The van der Waals surface area contributed by atoms with E-state index in [1.165, 1.54) is 12.8 Å². The summed E-state index contributed by atoms with van der Waals surface area (Å²) in [6.45, 7) is 7.53. The zero-order chi connectivity index (χ0) is 14.0. The highest BCUT2D eigenvalue weighted by molar-refractivity contribution is 4.87. The van der Waals surface area contributed by atoms with Gasteiger partial charge >= 0.3 is 0 Å². The zero-order valence-electron chi connectivity index (χ0n) is 12.7. The maximum absolute atomic E-state index is 5.48. The van der Waals surface area contributed by atoms with Crippen molar-refractivity contribution in [2.45, 2.75) is 12.8 Å². The summed E-state index contributed by atoms with van der Waals surface area (Å²) in [4.78, 5) is 2.44. The molecule has 1 aliphatic heterocycles. The van der Waals surface area contributed by atoms with E-state index in [0.29, 0.717) is 0 Å². The standard InChI is InChI=1S/C14H30N2O3/c1-17-10-8-16(9-11-18-2)12-14(13-19-3)4-6-15-7-5-14/h15H,4-13H2,1-3H3. The topological polar surface area (TPSA) is 43.0 Å². The first-order chi connectivity index (χ1) is 9.26. The third kappa shape index (κ3) is 6.19. The Bertz CT molecular complexity index is 207. The van der Waals surface area contributed by atoms with Crippen LogP contribution in [0.15, 0.2) is 0 Å². The average molecular weight is 274 g/mol. The highest BCUT2D eigenvalue weighted by atomic mass is 16.5. The summed E-state index contributed by atoms with van der Waals surface area (Å²) < 4.78 is 15.9. The number of nitrogens with zero attached hydrogens (tertiary/aromatic N) is 1. The SMILES string of the molecule is COCCN(CCOC)CC1(COC)CCNCC1. The van der Waals surface area contributed by atoms with Crippen molar-refractivity contribution in [3.8, 4) is 0 Å². The first-order valence-electron chi connectivity index (χ1n) is 7.16. The largest absolute Gasteiger partial charge is 0.384 e. The van der Waals surface area contributed by atoms with Crippen molar-refractivity contribution in [3.63, 3.8) is 0 Å². The first-order valence-corrected chi connectivity index (χ1v) is 7.16. The molecule has 0 atom stereocenters. The molecule has 0 radical (unpaired) electrons. The lowest BCUT2D eigenvalue weighted by Crippen LogP contribution is -2.48. The predicted molar refractivity (Wildman–Crippen MR) is 76.6 cm³/mol. The first kappa shape index (κ1) is 16.9. The average Bonchev–Trinajstić information content (AvgIpc) is 2.43. The number of piperidine rings is 1. The minimum Gasteiger partial charge on any atom is -0.384 e. The van der Waals surface area contributed by atoms with Gasteiger partial charge in [-0.2, -0.15) is 0 Å². The number of methoxy groups -OCH3 is 3. The normalized spacial score (nSPS) is 18.9. The van der Waals surface area contributed by atoms with E-state index in [0.717, 1.165) is 52.5 Å². The maximum Gasteiger partial charge on any atom is 0.0589 e. The maximum atomic E-state index is 5.48. The van der Waals surface area contributed by atoms with Gasteiger partial charge in [0.2, 0.25) is 0 Å². The van der Waals surface area contributed by atoms with Crippen LogP contribution in [0, 0.1) is 5.41 Å². The number of hydrogen-bond donors (Lipinski definition) is 1. The van der Waals surface area contributed by atoms with E-state index in [9.17, 15) is 0 Å². The fraction of sp³-hybridized carbons (Fsp3) is 1.00. The van der Waals surface area contributed by atoms with Crippen molar-refractivity contribution in [1.82, 2.24) is 10.2 Å². The second-order valence-corrected chi connectivity index (χ2v) is 5.44. The van der Waals surface area contributed by atoms with E-state index in [2.05, 4.69) is 10.2 Å². The predicted octanol–water partition coefficient (Wildman–Crippen LogP) is 0.597. The van der Waals surface area contributed by atoms with E-state index >= 15 is 0 Å². The highest BCUT2D eigenvalue weighted by Crippen LogP contribution is 2.30. The van der Waals surface area contributed by atoms with Gasteiger partial charge in [0.05, 0.1) is 19.8 Å². The van der Waals surface area contributed by atoms with E-state index in [4.69, 9.17) is 14.2 Å². The minimum atomic E-state index is 0.279. The van der Waals surface area contributed by atoms with Gasteiger partial charge in [-0.15, -0.1) is 0 Å². The molecule has 0 saturated carbocycles. The molecule has 0 bridgehead atoms. The fourth-order valence-electron chi connectivity index (χ4n) is 2.80. The number of ether oxygens (including phenoxy) is 3. The molecular weight excluding hydrogens is 244 g/mol. The molecule has 1 heterocycles. The molecule has 114 valence electrons. The molecule has 1 fully saturated rings. The summed E-state index contributed by atoms with van der Waals surface area (Å²) in [7, 11) is 5.31. The molecule has 5 heteroatoms. The summed E-state index contributed by atoms with van der Waals surface area (Å²) in [5, 5.41) is 3.43. The molecule has 1 rings (SSSR count). The Morgan fingerprint density at radius 3 is 2.00 bits per heavy atom. The van der Waals surface area contributed by atoms with Gasteiger partial charge in [-0.05, 0) is 25.9 Å². The molecule has 1 aliphatic rings. The summed E-state index contributed by atoms with van der Waals surface area (Å²) in [5.74, 6) is 0. The van der Waals surface area contributed by atoms with Crippen molar-refractivity contribution in [2.75, 3.05) is 73.9 Å². The third-order valence-corrected chi connectivity index (χ3v) is 3.90. The van der Waals surface area contributed by atoms with Crippen LogP contribution in [0.2, 0.25) is 0 Å². The van der Waals surface area contributed by atoms with Gasteiger partial charge in [0, 0.05) is 46.4 Å². The second kappa shape index (κ2) is 9.66. The Labute approximate surface area is 117 Å². The van der Waals surface area contributed by atoms with Crippen molar-refractivity contribution in [2.24, 2.45) is 5.41 Å². The lowest BCUT2D eigenvalue weighted by Gasteiger charge is -2.41. The minimum absolute atomic E-state index is 0.279. The van der Waals surface area contributed by atoms with E-state index in [1.807, 2.05) is 0 Å². The van der Waals surface area contributed by atoms with Crippen molar-refractivity contribution >= 4 is 0 Å². The van der Waals surface area contributed by atoms with Gasteiger partial charge in [-0.25, -0.2) is 0 Å². The summed E-state index contributed by atoms with van der Waals surface area (Å²) in [5.41, 5.74) is 0.279. The molecule has 19 heavy (non-hydrogen) atoms. The van der Waals surface area contributed by atoms with Crippen LogP contribution in [-0.4, -0.2) is 78.8 Å². The Morgan fingerprint density at radius 2 is 1.53 bits per heavy atom. The molecule has 0 spiro atoms. The van der Waals surface area contributed by atoms with Crippen LogP contribution in [0.1, 0.15) is 12.8 Å². The molecular formula is C14H30N2O3. The van der Waals surface area contributed by atoms with Crippen LogP contribution in [0.3, 0.4) is 0 Å². The van der Waals surface area contributed by atoms with Crippen LogP contribution in [0.5, 0.6) is 0 Å². The van der Waals surface area contributed by atoms with Crippen molar-refractivity contribution in [3.05, 3.63) is 0 Å². The van der Waals surface area contributed by atoms with Gasteiger partial charge in [0.25, 0.3) is 0 Å². The zero-order valence-corrected chi connectivity index (χ0v) is 12.7. The number of rotatable bonds is 10. The van der Waals surface area contributed by atoms with E-state index < -0.39 is 0 Å². The van der Waals surface area contributed by atoms with E-state index in [-0.39, 0.29) is 5.41 Å². The molecule has 1 saturated heterocycles. The number of hydrogen-bond acceptors (Lipinski definition) is 5. The molecule has 0 unspecified atom stereocenters. The third-order valence-electron chi connectivity index (χ3n) is 3.90. The van der Waals surface area contributed by atoms with Crippen molar-refractivity contribution in [1.29, 1.82) is 0 Å². The van der Waals surface area contributed by atoms with Gasteiger partial charge in [0.1, 0.15) is 0 Å². The van der Waals surface area contributed by atoms with Gasteiger partial charge in [-0.1, -0.05) is 0 Å². The quantitative estimate of drug-likeness (QED) is 0.632. The molecule has 0 aliphatic carbocycles. The Kier molecular flexibility index (Phi) is 8.57. The van der Waals surface area contributed by atoms with Crippen LogP contribution in [-0.2, 0) is 14.2 Å². The summed E-state index contributed by atoms with van der Waals surface area (Å²) in [6, 6.07) is 0. The second-order valence-electron chi connectivity index (χ2n) is 5.44. The number of nitrogens with one attached hydrogen (secondary N) is 1. The molecule has 0 aromatic carbocycles. The van der Waals surface area contributed by atoms with Crippen molar-refractivity contribution < 1.29 is 14.2 Å². The van der Waals surface area contributed by atoms with Crippen LogP contribution in [0.25, 0.3) is 0 Å². The van der Waals surface area contributed by atoms with Crippen LogP contribution >= 0.6 is 0 Å². The van der Waals surface area contributed by atoms with Gasteiger partial charge in [-0.3, -0.25) is 4.90 Å². The Morgan fingerprint density at radius 1 is 0.947 bits per heavy atom. The highest BCUT2D eigenvalue weighted by Gasteiger charge is 2.33. The fourth-order valence-corrected chi connectivity index (χ4v) is 2.80. The smallest absolute Gasteiger partial charge is 0.0589 e. The summed E-state index contributed by atoms with van der Waals surface area (Å²) in [6.07, 6.45) is 2.36. The lowest BCUT2D eigenvalue weighted by atomic mass is 9.79. The lowest BCUT2D eigenvalue weighted by molar-refractivity contribution is 0.00974. The molecule has 0 amide bonds. The van der Waals surface area contributed by atoms with Crippen LogP contribution < -0.4 is 5.32 Å². The Balaban J connectivity index is 2.54. The molecule has 5 nitrogen and oxygen atoms in total. The molecule has 0 aromatic rings. The van der Waals surface area contributed by atoms with E-state index in [1.54, 1.807) is 21.3 Å². The van der Waals surface area contributed by atoms with Crippen LogP contribution in [0.4, 0.5) is 0 Å². The summed E-state index contributed by atoms with van der Waals surface area (Å²) >= 11 is 0. The monoisotopic (exact) mass is 274 g/mol. The Hall–Kier alpha value is -0.200. The van der Waals surface area contributed by atoms with Gasteiger partial charge in [0.15, 0.2) is 0 Å². The molecule has 1 N–H and O–H groups in total.